The molecule has 2 N–H and O–H groups in total. The van der Waals surface area contributed by atoms with Gasteiger partial charge in [-0.15, -0.1) is 0 Å². The van der Waals surface area contributed by atoms with Crippen molar-refractivity contribution in [3.63, 3.8) is 0 Å². The van der Waals surface area contributed by atoms with Gasteiger partial charge in [0.2, 0.25) is 10.0 Å². The number of sulfonamides is 1. The molecule has 1 aromatic carbocycles. The lowest BCUT2D eigenvalue weighted by molar-refractivity contribution is 0.0117. The minimum atomic E-state index is -3.70. The Hall–Kier alpha value is -1.84. The predicted molar refractivity (Wildman–Crippen MR) is 121 cm³/mol. The van der Waals surface area contributed by atoms with E-state index in [9.17, 15) is 13.2 Å². The van der Waals surface area contributed by atoms with E-state index in [1.165, 1.54) is 12.1 Å². The summed E-state index contributed by atoms with van der Waals surface area (Å²) in [5.74, 6) is 0.995. The van der Waals surface area contributed by atoms with Crippen molar-refractivity contribution < 1.29 is 22.7 Å². The van der Waals surface area contributed by atoms with E-state index >= 15 is 0 Å². The minimum absolute atomic E-state index is 0.0680. The van der Waals surface area contributed by atoms with E-state index in [0.29, 0.717) is 24.8 Å². The number of hydrogen-bond acceptors (Lipinski definition) is 6. The van der Waals surface area contributed by atoms with Crippen LogP contribution in [0.4, 0.5) is 4.79 Å². The molecule has 0 radical (unpaired) electrons. The van der Waals surface area contributed by atoms with Crippen LogP contribution in [-0.4, -0.2) is 68.7 Å². The molecule has 0 aromatic heterocycles. The molecule has 2 rings (SSSR count). The summed E-state index contributed by atoms with van der Waals surface area (Å²) in [5.41, 5.74) is -0.507. The first-order valence-corrected chi connectivity index (χ1v) is 12.4. The summed E-state index contributed by atoms with van der Waals surface area (Å²) >= 11 is 0. The summed E-state index contributed by atoms with van der Waals surface area (Å²) in [6.07, 6.45) is 1.90. The molecule has 0 spiro atoms. The molecule has 8 nitrogen and oxygen atoms in total. The van der Waals surface area contributed by atoms with E-state index in [1.807, 2.05) is 39.5 Å². The Morgan fingerprint density at radius 2 is 1.90 bits per heavy atom. The maximum atomic E-state index is 12.6. The van der Waals surface area contributed by atoms with Crippen LogP contribution in [-0.2, 0) is 14.8 Å². The standard InChI is InChI=1S/C22H37N3O5S/c1-17(2)25(21(26)30-22(3,4)5)16-18-7-6-12-24(15-18)13-14-29-19-8-10-20(11-9-19)31(23,27)28/h8-11,17-18H,6-7,12-16H2,1-5H3,(H2,23,27,28). The average molecular weight is 456 g/mol. The molecule has 0 saturated carbocycles. The normalized spacial score (nSPS) is 18.1. The van der Waals surface area contributed by atoms with E-state index in [0.717, 1.165) is 32.5 Å². The van der Waals surface area contributed by atoms with Gasteiger partial charge in [-0.25, -0.2) is 18.4 Å². The Bertz CT molecular complexity index is 819. The molecule has 31 heavy (non-hydrogen) atoms. The van der Waals surface area contributed by atoms with Crippen LogP contribution in [0.2, 0.25) is 0 Å². The van der Waals surface area contributed by atoms with E-state index in [-0.39, 0.29) is 17.0 Å². The Balaban J connectivity index is 1.84. The van der Waals surface area contributed by atoms with E-state index in [1.54, 1.807) is 12.1 Å². The van der Waals surface area contributed by atoms with Gasteiger partial charge in [-0.1, -0.05) is 0 Å². The van der Waals surface area contributed by atoms with Gasteiger partial charge in [0.1, 0.15) is 18.0 Å². The van der Waals surface area contributed by atoms with Gasteiger partial charge in [-0.3, -0.25) is 4.90 Å². The van der Waals surface area contributed by atoms with E-state index in [2.05, 4.69) is 4.90 Å². The second-order valence-corrected chi connectivity index (χ2v) is 11.0. The molecule has 1 aliphatic rings. The summed E-state index contributed by atoms with van der Waals surface area (Å²) in [4.78, 5) is 16.8. The zero-order valence-electron chi connectivity index (χ0n) is 19.3. The number of hydrogen-bond donors (Lipinski definition) is 1. The third-order valence-electron chi connectivity index (χ3n) is 5.14. The van der Waals surface area contributed by atoms with E-state index in [4.69, 9.17) is 14.6 Å². The number of ether oxygens (including phenoxy) is 2. The van der Waals surface area contributed by atoms with Crippen LogP contribution in [0, 0.1) is 5.92 Å². The Kier molecular flexibility index (Phi) is 8.73. The average Bonchev–Trinajstić information content (AvgIpc) is 2.64. The van der Waals surface area contributed by atoms with Gasteiger partial charge in [0.15, 0.2) is 0 Å². The largest absolute Gasteiger partial charge is 0.492 e. The first-order chi connectivity index (χ1) is 14.3. The highest BCUT2D eigenvalue weighted by atomic mass is 32.2. The van der Waals surface area contributed by atoms with Crippen LogP contribution in [0.25, 0.3) is 0 Å². The predicted octanol–water partition coefficient (Wildman–Crippen LogP) is 3.07. The van der Waals surface area contributed by atoms with Crippen molar-refractivity contribution >= 4 is 16.1 Å². The quantitative estimate of drug-likeness (QED) is 0.646. The van der Waals surface area contributed by atoms with Crippen molar-refractivity contribution in [1.29, 1.82) is 0 Å². The molecule has 1 aromatic rings. The summed E-state index contributed by atoms with van der Waals surface area (Å²) in [6.45, 7) is 13.5. The van der Waals surface area contributed by atoms with Gasteiger partial charge >= 0.3 is 6.09 Å². The molecule has 1 saturated heterocycles. The molecular weight excluding hydrogens is 418 g/mol. The molecule has 0 aliphatic carbocycles. The highest BCUT2D eigenvalue weighted by Crippen LogP contribution is 2.21. The fourth-order valence-corrected chi connectivity index (χ4v) is 4.13. The highest BCUT2D eigenvalue weighted by Gasteiger charge is 2.28. The monoisotopic (exact) mass is 455 g/mol. The second kappa shape index (κ2) is 10.7. The molecule has 1 amide bonds. The topological polar surface area (TPSA) is 102 Å². The first kappa shape index (κ1) is 25.4. The number of amides is 1. The number of benzene rings is 1. The number of piperidine rings is 1. The lowest BCUT2D eigenvalue weighted by atomic mass is 9.97. The van der Waals surface area contributed by atoms with Crippen molar-refractivity contribution in [2.45, 2.75) is 64.0 Å². The van der Waals surface area contributed by atoms with Crippen LogP contribution >= 0.6 is 0 Å². The van der Waals surface area contributed by atoms with Crippen molar-refractivity contribution in [2.75, 3.05) is 32.8 Å². The Morgan fingerprint density at radius 3 is 2.45 bits per heavy atom. The van der Waals surface area contributed by atoms with Crippen LogP contribution < -0.4 is 9.88 Å². The molecule has 0 bridgehead atoms. The molecule has 9 heteroatoms. The lowest BCUT2D eigenvalue weighted by Gasteiger charge is -2.37. The molecular formula is C22H37N3O5S. The summed E-state index contributed by atoms with van der Waals surface area (Å²) in [5, 5.41) is 5.11. The fourth-order valence-electron chi connectivity index (χ4n) is 3.62. The van der Waals surface area contributed by atoms with Crippen molar-refractivity contribution in [3.8, 4) is 5.75 Å². The Labute approximate surface area is 186 Å². The maximum Gasteiger partial charge on any atom is 0.410 e. The molecule has 1 heterocycles. The summed E-state index contributed by atoms with van der Waals surface area (Å²) < 4.78 is 34.0. The number of carbonyl (C=O) groups excluding carboxylic acids is 1. The molecule has 1 aliphatic heterocycles. The molecule has 1 unspecified atom stereocenters. The number of nitrogens with zero attached hydrogens (tertiary/aromatic N) is 2. The van der Waals surface area contributed by atoms with Crippen LogP contribution in [0.3, 0.4) is 0 Å². The van der Waals surface area contributed by atoms with Crippen molar-refractivity contribution in [3.05, 3.63) is 24.3 Å². The third-order valence-corrected chi connectivity index (χ3v) is 6.07. The van der Waals surface area contributed by atoms with Gasteiger partial charge < -0.3 is 14.4 Å². The maximum absolute atomic E-state index is 12.6. The zero-order chi connectivity index (χ0) is 23.2. The number of primary sulfonamides is 1. The summed E-state index contributed by atoms with van der Waals surface area (Å²) in [7, 11) is -3.70. The third kappa shape index (κ3) is 8.66. The van der Waals surface area contributed by atoms with Gasteiger partial charge in [-0.2, -0.15) is 0 Å². The molecule has 1 atom stereocenters. The van der Waals surface area contributed by atoms with Gasteiger partial charge in [0.25, 0.3) is 0 Å². The Morgan fingerprint density at radius 1 is 1.26 bits per heavy atom. The smallest absolute Gasteiger partial charge is 0.410 e. The van der Waals surface area contributed by atoms with Crippen molar-refractivity contribution in [1.82, 2.24) is 9.80 Å². The number of carbonyl (C=O) groups is 1. The van der Waals surface area contributed by atoms with Gasteiger partial charge in [0, 0.05) is 25.7 Å². The van der Waals surface area contributed by atoms with Crippen LogP contribution in [0.15, 0.2) is 29.2 Å². The van der Waals surface area contributed by atoms with Crippen molar-refractivity contribution in [2.24, 2.45) is 11.1 Å². The SMILES string of the molecule is CC(C)N(CC1CCCN(CCOc2ccc(S(N)(=O)=O)cc2)C1)C(=O)OC(C)(C)C. The van der Waals surface area contributed by atoms with Gasteiger partial charge in [-0.05, 0) is 84.2 Å². The second-order valence-electron chi connectivity index (χ2n) is 9.40. The van der Waals surface area contributed by atoms with Crippen LogP contribution in [0.5, 0.6) is 5.75 Å². The van der Waals surface area contributed by atoms with Gasteiger partial charge in [0.05, 0.1) is 4.90 Å². The summed E-state index contributed by atoms with van der Waals surface area (Å²) in [6, 6.07) is 6.19. The molecule has 1 fully saturated rings. The fraction of sp³-hybridized carbons (Fsp3) is 0.682. The number of nitrogens with two attached hydrogens (primary N) is 1. The minimum Gasteiger partial charge on any atom is -0.492 e. The number of rotatable bonds is 8. The van der Waals surface area contributed by atoms with E-state index < -0.39 is 15.6 Å². The zero-order valence-corrected chi connectivity index (χ0v) is 20.2. The number of likely N-dealkylation sites (tertiary alicyclic amines) is 1. The lowest BCUT2D eigenvalue weighted by Crippen LogP contribution is -2.47. The van der Waals surface area contributed by atoms with Crippen LogP contribution in [0.1, 0.15) is 47.5 Å². The highest BCUT2D eigenvalue weighted by molar-refractivity contribution is 7.89. The molecule has 176 valence electrons. The first-order valence-electron chi connectivity index (χ1n) is 10.8.